The first-order chi connectivity index (χ1) is 5.88. The first-order valence-corrected chi connectivity index (χ1v) is 4.40. The minimum absolute atomic E-state index is 0.234. The van der Waals surface area contributed by atoms with E-state index in [1.54, 1.807) is 0 Å². The van der Waals surface area contributed by atoms with Crippen LogP contribution in [0.3, 0.4) is 0 Å². The first-order valence-electron chi connectivity index (χ1n) is 4.40. The van der Waals surface area contributed by atoms with E-state index in [1.165, 1.54) is 0 Å². The van der Waals surface area contributed by atoms with Crippen LogP contribution in [-0.2, 0) is 4.74 Å². The third kappa shape index (κ3) is 3.20. The molecule has 0 aromatic carbocycles. The van der Waals surface area contributed by atoms with E-state index in [2.05, 4.69) is 18.7 Å². The SMILES string of the molecule is C=CC/C=C\CC1OC1CCO. The molecule has 0 aliphatic carbocycles. The zero-order chi connectivity index (χ0) is 8.81. The summed E-state index contributed by atoms with van der Waals surface area (Å²) in [6.07, 6.45) is 9.42. The van der Waals surface area contributed by atoms with Gasteiger partial charge in [0.1, 0.15) is 0 Å². The summed E-state index contributed by atoms with van der Waals surface area (Å²) < 4.78 is 5.30. The van der Waals surface area contributed by atoms with Gasteiger partial charge in [-0.3, -0.25) is 0 Å². The highest BCUT2D eigenvalue weighted by molar-refractivity contribution is 4.95. The Morgan fingerprint density at radius 2 is 2.17 bits per heavy atom. The average Bonchev–Trinajstić information content (AvgIpc) is 2.79. The van der Waals surface area contributed by atoms with E-state index in [-0.39, 0.29) is 6.61 Å². The lowest BCUT2D eigenvalue weighted by molar-refractivity contribution is 0.262. The molecule has 0 spiro atoms. The Balaban J connectivity index is 1.99. The number of hydrogen-bond donors (Lipinski definition) is 1. The lowest BCUT2D eigenvalue weighted by Crippen LogP contribution is -1.95. The van der Waals surface area contributed by atoms with E-state index >= 15 is 0 Å². The zero-order valence-corrected chi connectivity index (χ0v) is 7.28. The Labute approximate surface area is 73.5 Å². The lowest BCUT2D eigenvalue weighted by atomic mass is 10.2. The van der Waals surface area contributed by atoms with Gasteiger partial charge in [-0.15, -0.1) is 6.58 Å². The van der Waals surface area contributed by atoms with Gasteiger partial charge >= 0.3 is 0 Å². The van der Waals surface area contributed by atoms with Crippen LogP contribution in [0.15, 0.2) is 24.8 Å². The number of hydrogen-bond acceptors (Lipinski definition) is 2. The molecule has 1 heterocycles. The topological polar surface area (TPSA) is 32.8 Å². The number of epoxide rings is 1. The van der Waals surface area contributed by atoms with Crippen LogP contribution in [0.4, 0.5) is 0 Å². The van der Waals surface area contributed by atoms with Gasteiger partial charge in [-0.2, -0.15) is 0 Å². The van der Waals surface area contributed by atoms with Crippen LogP contribution in [0.5, 0.6) is 0 Å². The summed E-state index contributed by atoms with van der Waals surface area (Å²) in [4.78, 5) is 0. The highest BCUT2D eigenvalue weighted by atomic mass is 16.6. The molecule has 2 nitrogen and oxygen atoms in total. The molecular weight excluding hydrogens is 152 g/mol. The number of allylic oxidation sites excluding steroid dienone is 2. The van der Waals surface area contributed by atoms with Gasteiger partial charge in [0, 0.05) is 6.61 Å². The van der Waals surface area contributed by atoms with Crippen LogP contribution in [0.2, 0.25) is 0 Å². The third-order valence-electron chi connectivity index (χ3n) is 1.94. The van der Waals surface area contributed by atoms with Crippen molar-refractivity contribution in [3.8, 4) is 0 Å². The maximum absolute atomic E-state index is 8.59. The van der Waals surface area contributed by atoms with E-state index in [9.17, 15) is 0 Å². The molecule has 0 aromatic rings. The molecule has 2 atom stereocenters. The molecule has 2 unspecified atom stereocenters. The second-order valence-corrected chi connectivity index (χ2v) is 2.96. The van der Waals surface area contributed by atoms with Crippen molar-refractivity contribution in [1.82, 2.24) is 0 Å². The number of rotatable bonds is 6. The van der Waals surface area contributed by atoms with Crippen LogP contribution in [0.1, 0.15) is 19.3 Å². The van der Waals surface area contributed by atoms with Gasteiger partial charge in [-0.1, -0.05) is 18.2 Å². The average molecular weight is 168 g/mol. The number of aliphatic hydroxyl groups excluding tert-OH is 1. The molecule has 0 amide bonds. The van der Waals surface area contributed by atoms with Crippen LogP contribution in [0.25, 0.3) is 0 Å². The van der Waals surface area contributed by atoms with Crippen molar-refractivity contribution < 1.29 is 9.84 Å². The zero-order valence-electron chi connectivity index (χ0n) is 7.28. The summed E-state index contributed by atoms with van der Waals surface area (Å²) in [6.45, 7) is 3.86. The van der Waals surface area contributed by atoms with Gasteiger partial charge in [-0.05, 0) is 19.3 Å². The standard InChI is InChI=1S/C10H16O2/c1-2-3-4-5-6-9-10(12-9)7-8-11/h2,4-5,9-11H,1,3,6-8H2/b5-4-. The van der Waals surface area contributed by atoms with E-state index in [4.69, 9.17) is 9.84 Å². The first kappa shape index (κ1) is 9.49. The molecule has 1 fully saturated rings. The summed E-state index contributed by atoms with van der Waals surface area (Å²) in [7, 11) is 0. The van der Waals surface area contributed by atoms with Gasteiger partial charge in [0.25, 0.3) is 0 Å². The fourth-order valence-corrected chi connectivity index (χ4v) is 1.19. The molecule has 0 bridgehead atoms. The number of ether oxygens (including phenoxy) is 1. The van der Waals surface area contributed by atoms with E-state index < -0.39 is 0 Å². The van der Waals surface area contributed by atoms with Crippen molar-refractivity contribution in [2.24, 2.45) is 0 Å². The van der Waals surface area contributed by atoms with Gasteiger partial charge in [0.05, 0.1) is 12.2 Å². The molecule has 0 radical (unpaired) electrons. The largest absolute Gasteiger partial charge is 0.396 e. The highest BCUT2D eigenvalue weighted by Crippen LogP contribution is 2.28. The van der Waals surface area contributed by atoms with Crippen molar-refractivity contribution in [1.29, 1.82) is 0 Å². The fraction of sp³-hybridized carbons (Fsp3) is 0.600. The molecule has 68 valence electrons. The molecular formula is C10H16O2. The van der Waals surface area contributed by atoms with Crippen molar-refractivity contribution in [2.45, 2.75) is 31.5 Å². The van der Waals surface area contributed by atoms with Crippen LogP contribution in [0, 0.1) is 0 Å². The van der Waals surface area contributed by atoms with Crippen molar-refractivity contribution in [3.05, 3.63) is 24.8 Å². The highest BCUT2D eigenvalue weighted by Gasteiger charge is 2.36. The maximum Gasteiger partial charge on any atom is 0.0877 e. The van der Waals surface area contributed by atoms with Gasteiger partial charge in [0.2, 0.25) is 0 Å². The number of aliphatic hydroxyl groups is 1. The Bertz CT molecular complexity index is 163. The second kappa shape index (κ2) is 5.12. The second-order valence-electron chi connectivity index (χ2n) is 2.96. The summed E-state index contributed by atoms with van der Waals surface area (Å²) in [5, 5.41) is 8.59. The quantitative estimate of drug-likeness (QED) is 0.483. The summed E-state index contributed by atoms with van der Waals surface area (Å²) in [5.41, 5.74) is 0. The summed E-state index contributed by atoms with van der Waals surface area (Å²) >= 11 is 0. The normalized spacial score (nSPS) is 27.8. The van der Waals surface area contributed by atoms with Crippen LogP contribution >= 0.6 is 0 Å². The van der Waals surface area contributed by atoms with Gasteiger partial charge < -0.3 is 9.84 Å². The summed E-state index contributed by atoms with van der Waals surface area (Å²) in [6, 6.07) is 0. The monoisotopic (exact) mass is 168 g/mol. The molecule has 1 N–H and O–H groups in total. The molecule has 1 aliphatic heterocycles. The van der Waals surface area contributed by atoms with Crippen LogP contribution < -0.4 is 0 Å². The van der Waals surface area contributed by atoms with E-state index in [0.29, 0.717) is 12.2 Å². The minimum atomic E-state index is 0.234. The Kier molecular flexibility index (Phi) is 4.05. The third-order valence-corrected chi connectivity index (χ3v) is 1.94. The molecule has 1 aliphatic rings. The van der Waals surface area contributed by atoms with Gasteiger partial charge in [-0.25, -0.2) is 0 Å². The Hall–Kier alpha value is -0.600. The van der Waals surface area contributed by atoms with Crippen LogP contribution in [-0.4, -0.2) is 23.9 Å². The molecule has 1 saturated heterocycles. The van der Waals surface area contributed by atoms with Crippen molar-refractivity contribution in [3.63, 3.8) is 0 Å². The molecule has 12 heavy (non-hydrogen) atoms. The lowest BCUT2D eigenvalue weighted by Gasteiger charge is -1.86. The Morgan fingerprint density at radius 3 is 2.83 bits per heavy atom. The van der Waals surface area contributed by atoms with E-state index in [0.717, 1.165) is 19.3 Å². The molecule has 0 aromatic heterocycles. The molecule has 1 rings (SSSR count). The predicted octanol–water partition coefficient (Wildman–Crippen LogP) is 1.66. The predicted molar refractivity (Wildman–Crippen MR) is 48.9 cm³/mol. The maximum atomic E-state index is 8.59. The van der Waals surface area contributed by atoms with Gasteiger partial charge in [0.15, 0.2) is 0 Å². The molecule has 0 saturated carbocycles. The van der Waals surface area contributed by atoms with E-state index in [1.807, 2.05) is 6.08 Å². The van der Waals surface area contributed by atoms with Crippen molar-refractivity contribution >= 4 is 0 Å². The van der Waals surface area contributed by atoms with Crippen molar-refractivity contribution in [2.75, 3.05) is 6.61 Å². The fourth-order valence-electron chi connectivity index (χ4n) is 1.19. The minimum Gasteiger partial charge on any atom is -0.396 e. The Morgan fingerprint density at radius 1 is 1.33 bits per heavy atom. The molecule has 2 heteroatoms. The summed E-state index contributed by atoms with van der Waals surface area (Å²) in [5.74, 6) is 0. The smallest absolute Gasteiger partial charge is 0.0877 e.